The molecule has 188 valence electrons. The van der Waals surface area contributed by atoms with Crippen LogP contribution in [0, 0.1) is 5.92 Å². The fourth-order valence-electron chi connectivity index (χ4n) is 5.36. The first-order chi connectivity index (χ1) is 15.1. The lowest BCUT2D eigenvalue weighted by Gasteiger charge is -2.39. The molecule has 0 radical (unpaired) electrons. The third-order valence-corrected chi connectivity index (χ3v) is 8.67. The lowest BCUT2D eigenvalue weighted by Crippen LogP contribution is -2.32. The molecule has 0 aliphatic carbocycles. The Hall–Kier alpha value is 0.430. The van der Waals surface area contributed by atoms with E-state index in [1.807, 2.05) is 0 Å². The second-order valence-electron chi connectivity index (χ2n) is 10.7. The van der Waals surface area contributed by atoms with Crippen LogP contribution in [-0.2, 0) is 0 Å². The average molecular weight is 455 g/mol. The SMILES string of the molecule is CCCCCCCCCCC(CCCCCC)C(P)(CCCCCC)CCCCCC. The van der Waals surface area contributed by atoms with Crippen molar-refractivity contribution in [2.45, 2.75) is 187 Å². The van der Waals surface area contributed by atoms with Crippen LogP contribution < -0.4 is 0 Å². The minimum Gasteiger partial charge on any atom is -0.131 e. The Morgan fingerprint density at radius 1 is 0.419 bits per heavy atom. The van der Waals surface area contributed by atoms with Crippen LogP contribution in [0.5, 0.6) is 0 Å². The lowest BCUT2D eigenvalue weighted by atomic mass is 9.77. The van der Waals surface area contributed by atoms with Gasteiger partial charge in [-0.2, -0.15) is 0 Å². The first-order valence-electron chi connectivity index (χ1n) is 14.9. The van der Waals surface area contributed by atoms with Crippen LogP contribution in [0.4, 0.5) is 0 Å². The molecule has 0 amide bonds. The van der Waals surface area contributed by atoms with E-state index in [-0.39, 0.29) is 0 Å². The molecule has 0 aromatic carbocycles. The summed E-state index contributed by atoms with van der Waals surface area (Å²) in [6.07, 6.45) is 34.6. The van der Waals surface area contributed by atoms with Gasteiger partial charge in [0.15, 0.2) is 0 Å². The first-order valence-corrected chi connectivity index (χ1v) is 15.5. The molecule has 0 spiro atoms. The van der Waals surface area contributed by atoms with Crippen LogP contribution >= 0.6 is 9.24 Å². The van der Waals surface area contributed by atoms with E-state index >= 15 is 0 Å². The molecule has 2 unspecified atom stereocenters. The van der Waals surface area contributed by atoms with Gasteiger partial charge in [0, 0.05) is 0 Å². The number of hydrogen-bond acceptors (Lipinski definition) is 0. The van der Waals surface area contributed by atoms with Crippen LogP contribution in [0.2, 0.25) is 0 Å². The topological polar surface area (TPSA) is 0 Å². The lowest BCUT2D eigenvalue weighted by molar-refractivity contribution is 0.270. The first kappa shape index (κ1) is 31.4. The van der Waals surface area contributed by atoms with Crippen LogP contribution in [0.3, 0.4) is 0 Å². The monoisotopic (exact) mass is 454 g/mol. The van der Waals surface area contributed by atoms with Crippen molar-refractivity contribution in [2.24, 2.45) is 5.92 Å². The molecule has 31 heavy (non-hydrogen) atoms. The van der Waals surface area contributed by atoms with Gasteiger partial charge < -0.3 is 0 Å². The molecular weight excluding hydrogens is 391 g/mol. The Kier molecular flexibility index (Phi) is 23.9. The van der Waals surface area contributed by atoms with Crippen LogP contribution in [0.25, 0.3) is 0 Å². The molecule has 1 heteroatoms. The van der Waals surface area contributed by atoms with E-state index in [4.69, 9.17) is 0 Å². The van der Waals surface area contributed by atoms with E-state index < -0.39 is 0 Å². The third-order valence-electron chi connectivity index (χ3n) is 7.62. The predicted octanol–water partition coefficient (Wildman–Crippen LogP) is 11.7. The van der Waals surface area contributed by atoms with Gasteiger partial charge in [-0.25, -0.2) is 0 Å². The van der Waals surface area contributed by atoms with Crippen molar-refractivity contribution in [1.82, 2.24) is 0 Å². The summed E-state index contributed by atoms with van der Waals surface area (Å²) in [5.74, 6) is 0.942. The van der Waals surface area contributed by atoms with Gasteiger partial charge in [-0.15, -0.1) is 9.24 Å². The van der Waals surface area contributed by atoms with Gasteiger partial charge in [0.2, 0.25) is 0 Å². The Labute approximate surface area is 202 Å². The fraction of sp³-hybridized carbons (Fsp3) is 1.00. The summed E-state index contributed by atoms with van der Waals surface area (Å²) in [5.41, 5.74) is 0. The van der Waals surface area contributed by atoms with Gasteiger partial charge in [-0.05, 0) is 36.8 Å². The molecule has 2 atom stereocenters. The zero-order valence-corrected chi connectivity index (χ0v) is 23.8. The molecule has 0 aromatic rings. The maximum atomic E-state index is 3.48. The zero-order valence-electron chi connectivity index (χ0n) is 22.6. The highest BCUT2D eigenvalue weighted by Gasteiger charge is 2.32. The standard InChI is InChI=1S/C30H63P/c1-5-9-13-17-18-19-20-22-26-29(25-21-14-10-6-2)30(31,27-23-15-11-7-3)28-24-16-12-8-4/h29H,5-28,31H2,1-4H3. The van der Waals surface area contributed by atoms with Crippen molar-refractivity contribution in [2.75, 3.05) is 0 Å². The second-order valence-corrected chi connectivity index (χ2v) is 11.8. The number of hydrogen-bond donors (Lipinski definition) is 0. The molecule has 0 aliphatic heterocycles. The van der Waals surface area contributed by atoms with Gasteiger partial charge in [-0.1, -0.05) is 156 Å². The summed E-state index contributed by atoms with van der Waals surface area (Å²) in [4.78, 5) is 0. The fourth-order valence-corrected chi connectivity index (χ4v) is 6.10. The molecule has 0 saturated carbocycles. The highest BCUT2D eigenvalue weighted by molar-refractivity contribution is 7.19. The van der Waals surface area contributed by atoms with Crippen LogP contribution in [0.15, 0.2) is 0 Å². The molecule has 0 rings (SSSR count). The van der Waals surface area contributed by atoms with Crippen molar-refractivity contribution in [3.05, 3.63) is 0 Å². The van der Waals surface area contributed by atoms with E-state index in [0.717, 1.165) is 5.92 Å². The summed E-state index contributed by atoms with van der Waals surface area (Å²) in [5, 5.41) is 0.523. The summed E-state index contributed by atoms with van der Waals surface area (Å²) in [6, 6.07) is 0. The van der Waals surface area contributed by atoms with Crippen molar-refractivity contribution in [1.29, 1.82) is 0 Å². The van der Waals surface area contributed by atoms with Gasteiger partial charge >= 0.3 is 0 Å². The van der Waals surface area contributed by atoms with E-state index in [2.05, 4.69) is 36.9 Å². The Morgan fingerprint density at radius 3 is 1.10 bits per heavy atom. The van der Waals surface area contributed by atoms with Crippen molar-refractivity contribution < 1.29 is 0 Å². The quantitative estimate of drug-likeness (QED) is 0.0950. The summed E-state index contributed by atoms with van der Waals surface area (Å²) < 4.78 is 0. The third kappa shape index (κ3) is 18.5. The zero-order chi connectivity index (χ0) is 23.0. The molecule has 0 aromatic heterocycles. The van der Waals surface area contributed by atoms with Gasteiger partial charge in [0.05, 0.1) is 0 Å². The highest BCUT2D eigenvalue weighted by Crippen LogP contribution is 2.44. The molecule has 0 nitrogen and oxygen atoms in total. The minimum atomic E-state index is 0.523. The minimum absolute atomic E-state index is 0.523. The highest BCUT2D eigenvalue weighted by atomic mass is 31.0. The maximum Gasteiger partial charge on any atom is -0.0122 e. The maximum absolute atomic E-state index is 3.48. The summed E-state index contributed by atoms with van der Waals surface area (Å²) >= 11 is 0. The van der Waals surface area contributed by atoms with E-state index in [1.165, 1.54) is 154 Å². The predicted molar refractivity (Wildman–Crippen MR) is 149 cm³/mol. The van der Waals surface area contributed by atoms with E-state index in [1.54, 1.807) is 0 Å². The van der Waals surface area contributed by atoms with Gasteiger partial charge in [0.25, 0.3) is 0 Å². The number of unbranched alkanes of at least 4 members (excludes halogenated alkanes) is 16. The largest absolute Gasteiger partial charge is 0.131 e. The molecule has 0 bridgehead atoms. The van der Waals surface area contributed by atoms with E-state index in [9.17, 15) is 0 Å². The van der Waals surface area contributed by atoms with Gasteiger partial charge in [0.1, 0.15) is 0 Å². The second kappa shape index (κ2) is 23.6. The van der Waals surface area contributed by atoms with Gasteiger partial charge in [-0.3, -0.25) is 0 Å². The van der Waals surface area contributed by atoms with Crippen LogP contribution in [0.1, 0.15) is 182 Å². The summed E-state index contributed by atoms with van der Waals surface area (Å²) in [7, 11) is 3.48. The van der Waals surface area contributed by atoms with Crippen molar-refractivity contribution in [3.8, 4) is 0 Å². The van der Waals surface area contributed by atoms with Crippen LogP contribution in [-0.4, -0.2) is 5.16 Å². The molecule has 0 fully saturated rings. The smallest absolute Gasteiger partial charge is 0.0122 e. The Bertz CT molecular complexity index is 325. The molecular formula is C30H63P. The Morgan fingerprint density at radius 2 is 0.710 bits per heavy atom. The Balaban J connectivity index is 4.72. The van der Waals surface area contributed by atoms with E-state index in [0.29, 0.717) is 5.16 Å². The number of rotatable bonds is 25. The summed E-state index contributed by atoms with van der Waals surface area (Å²) in [6.45, 7) is 9.36. The molecule has 0 heterocycles. The average Bonchev–Trinajstić information content (AvgIpc) is 2.77. The van der Waals surface area contributed by atoms with Crippen molar-refractivity contribution >= 4 is 9.24 Å². The molecule has 0 saturated heterocycles. The molecule has 0 N–H and O–H groups in total. The van der Waals surface area contributed by atoms with Crippen molar-refractivity contribution in [3.63, 3.8) is 0 Å². The normalized spacial score (nSPS) is 13.1. The molecule has 0 aliphatic rings.